The van der Waals surface area contributed by atoms with Crippen molar-refractivity contribution in [3.63, 3.8) is 0 Å². The van der Waals surface area contributed by atoms with Crippen LogP contribution in [-0.2, 0) is 0 Å². The Morgan fingerprint density at radius 2 is 1.04 bits per heavy atom. The summed E-state index contributed by atoms with van der Waals surface area (Å²) in [5.41, 5.74) is 0.177. The molecule has 0 nitrogen and oxygen atoms in total. The van der Waals surface area contributed by atoms with Crippen LogP contribution in [0, 0.1) is 11.8 Å². The number of alkyl halides is 6. The minimum atomic E-state index is -5.39. The fourth-order valence-electron chi connectivity index (χ4n) is 1.99. The molecule has 120 valence electrons. The van der Waals surface area contributed by atoms with Crippen molar-refractivity contribution in [2.24, 2.45) is 0 Å². The van der Waals surface area contributed by atoms with Gasteiger partial charge in [-0.05, 0) is 29.8 Å². The standard InChI is InChI=1S/C17H10F6/c18-16(19,20)15(17(21,22)23)14-10-8-13(9-11-14)7-6-12-4-2-1-3-5-12/h1-5,8-11,15H. The first kappa shape index (κ1) is 16.9. The number of benzene rings is 2. The lowest BCUT2D eigenvalue weighted by Crippen LogP contribution is -2.34. The summed E-state index contributed by atoms with van der Waals surface area (Å²) in [4.78, 5) is 0. The molecule has 0 amide bonds. The second-order valence-corrected chi connectivity index (χ2v) is 4.75. The van der Waals surface area contributed by atoms with Crippen molar-refractivity contribution < 1.29 is 26.3 Å². The summed E-state index contributed by atoms with van der Waals surface area (Å²) >= 11 is 0. The molecule has 0 radical (unpaired) electrons. The highest BCUT2D eigenvalue weighted by atomic mass is 19.4. The molecule has 0 unspecified atom stereocenters. The van der Waals surface area contributed by atoms with Crippen LogP contribution in [0.2, 0.25) is 0 Å². The van der Waals surface area contributed by atoms with Crippen molar-refractivity contribution in [1.29, 1.82) is 0 Å². The fraction of sp³-hybridized carbons (Fsp3) is 0.176. The van der Waals surface area contributed by atoms with Crippen molar-refractivity contribution in [2.75, 3.05) is 0 Å². The number of hydrogen-bond acceptors (Lipinski definition) is 0. The average molecular weight is 328 g/mol. The zero-order chi connectivity index (χ0) is 17.1. The van der Waals surface area contributed by atoms with Gasteiger partial charge in [-0.1, -0.05) is 42.2 Å². The highest BCUT2D eigenvalue weighted by molar-refractivity contribution is 5.43. The SMILES string of the molecule is FC(F)(F)C(c1ccc(C#Cc2ccccc2)cc1)C(F)(F)F. The smallest absolute Gasteiger partial charge is 0.170 e. The molecule has 2 aromatic rings. The highest BCUT2D eigenvalue weighted by Crippen LogP contribution is 2.46. The third-order valence-corrected chi connectivity index (χ3v) is 3.02. The molecular formula is C17H10F6. The largest absolute Gasteiger partial charge is 0.404 e. The van der Waals surface area contributed by atoms with Gasteiger partial charge in [0.05, 0.1) is 0 Å². The molecule has 0 fully saturated rings. The third kappa shape index (κ3) is 4.52. The van der Waals surface area contributed by atoms with Crippen LogP contribution in [0.5, 0.6) is 0 Å². The molecule has 0 saturated carbocycles. The number of halogens is 6. The summed E-state index contributed by atoms with van der Waals surface area (Å²) in [5.74, 6) is 1.97. The van der Waals surface area contributed by atoms with Gasteiger partial charge in [0.15, 0.2) is 5.92 Å². The van der Waals surface area contributed by atoms with E-state index in [1.807, 2.05) is 0 Å². The Bertz CT molecular complexity index is 685. The summed E-state index contributed by atoms with van der Waals surface area (Å²) in [5, 5.41) is 0. The Balaban J connectivity index is 2.27. The van der Waals surface area contributed by atoms with Crippen molar-refractivity contribution in [3.05, 3.63) is 71.3 Å². The van der Waals surface area contributed by atoms with Gasteiger partial charge in [0.1, 0.15) is 0 Å². The summed E-state index contributed by atoms with van der Waals surface area (Å²) in [6, 6.07) is 12.7. The molecule has 0 aliphatic heterocycles. The Kier molecular flexibility index (Phi) is 4.69. The molecule has 0 aliphatic carbocycles. The van der Waals surface area contributed by atoms with E-state index in [1.165, 1.54) is 0 Å². The minimum absolute atomic E-state index is 0.334. The molecule has 0 N–H and O–H groups in total. The van der Waals surface area contributed by atoms with Crippen molar-refractivity contribution in [3.8, 4) is 11.8 Å². The van der Waals surface area contributed by atoms with E-state index < -0.39 is 23.8 Å². The quantitative estimate of drug-likeness (QED) is 0.492. The monoisotopic (exact) mass is 328 g/mol. The van der Waals surface area contributed by atoms with Gasteiger partial charge in [0.25, 0.3) is 0 Å². The third-order valence-electron chi connectivity index (χ3n) is 3.02. The lowest BCUT2D eigenvalue weighted by atomic mass is 9.97. The van der Waals surface area contributed by atoms with Crippen LogP contribution in [-0.4, -0.2) is 12.4 Å². The molecule has 0 aliphatic rings. The van der Waals surface area contributed by atoms with E-state index in [2.05, 4.69) is 11.8 Å². The predicted octanol–water partition coefficient (Wildman–Crippen LogP) is 5.29. The number of rotatable bonds is 1. The highest BCUT2D eigenvalue weighted by Gasteiger charge is 2.57. The second kappa shape index (κ2) is 6.37. The van der Waals surface area contributed by atoms with Gasteiger partial charge in [-0.2, -0.15) is 26.3 Å². The molecule has 0 bridgehead atoms. The fourth-order valence-corrected chi connectivity index (χ4v) is 1.99. The van der Waals surface area contributed by atoms with Crippen LogP contribution in [0.25, 0.3) is 0 Å². The van der Waals surface area contributed by atoms with Crippen LogP contribution in [0.15, 0.2) is 54.6 Å². The molecule has 2 rings (SSSR count). The van der Waals surface area contributed by atoms with Gasteiger partial charge in [-0.3, -0.25) is 0 Å². The lowest BCUT2D eigenvalue weighted by Gasteiger charge is -2.23. The topological polar surface area (TPSA) is 0 Å². The Morgan fingerprint density at radius 1 is 0.609 bits per heavy atom. The van der Waals surface area contributed by atoms with Crippen LogP contribution in [0.1, 0.15) is 22.6 Å². The second-order valence-electron chi connectivity index (χ2n) is 4.75. The lowest BCUT2D eigenvalue weighted by molar-refractivity contribution is -0.253. The summed E-state index contributed by atoms with van der Waals surface area (Å²) in [6.45, 7) is 0. The molecule has 23 heavy (non-hydrogen) atoms. The summed E-state index contributed by atoms with van der Waals surface area (Å²) < 4.78 is 75.7. The molecule has 6 heteroatoms. The summed E-state index contributed by atoms with van der Waals surface area (Å²) in [7, 11) is 0. The molecule has 0 spiro atoms. The first-order valence-corrected chi connectivity index (χ1v) is 6.48. The van der Waals surface area contributed by atoms with E-state index in [0.29, 0.717) is 11.1 Å². The van der Waals surface area contributed by atoms with Crippen LogP contribution >= 0.6 is 0 Å². The average Bonchev–Trinajstić information content (AvgIpc) is 2.45. The van der Waals surface area contributed by atoms with Gasteiger partial charge in [0.2, 0.25) is 0 Å². The van der Waals surface area contributed by atoms with Gasteiger partial charge >= 0.3 is 12.4 Å². The first-order valence-electron chi connectivity index (χ1n) is 6.48. The van der Waals surface area contributed by atoms with E-state index >= 15 is 0 Å². The molecule has 2 aromatic carbocycles. The molecule has 0 atom stereocenters. The maximum absolute atomic E-state index is 12.6. The normalized spacial score (nSPS) is 12.0. The van der Waals surface area contributed by atoms with Crippen molar-refractivity contribution >= 4 is 0 Å². The molecule has 0 aromatic heterocycles. The van der Waals surface area contributed by atoms with Gasteiger partial charge in [-0.15, -0.1) is 0 Å². The van der Waals surface area contributed by atoms with Gasteiger partial charge in [-0.25, -0.2) is 0 Å². The number of hydrogen-bond donors (Lipinski definition) is 0. The van der Waals surface area contributed by atoms with E-state index in [9.17, 15) is 26.3 Å². The Hall–Kier alpha value is -2.42. The maximum Gasteiger partial charge on any atom is 0.404 e. The van der Waals surface area contributed by atoms with Crippen LogP contribution in [0.3, 0.4) is 0 Å². The summed E-state index contributed by atoms with van der Waals surface area (Å²) in [6.07, 6.45) is -10.8. The predicted molar refractivity (Wildman–Crippen MR) is 73.7 cm³/mol. The van der Waals surface area contributed by atoms with Gasteiger partial charge < -0.3 is 0 Å². The Morgan fingerprint density at radius 3 is 1.48 bits per heavy atom. The first-order chi connectivity index (χ1) is 10.7. The molecule has 0 heterocycles. The van der Waals surface area contributed by atoms with E-state index in [4.69, 9.17) is 0 Å². The van der Waals surface area contributed by atoms with E-state index in [-0.39, 0.29) is 0 Å². The molecule has 0 saturated heterocycles. The van der Waals surface area contributed by atoms with Crippen LogP contribution in [0.4, 0.5) is 26.3 Å². The molecular weight excluding hydrogens is 318 g/mol. The van der Waals surface area contributed by atoms with E-state index in [0.717, 1.165) is 24.3 Å². The Labute approximate surface area is 128 Å². The van der Waals surface area contributed by atoms with Gasteiger partial charge in [0, 0.05) is 11.1 Å². The van der Waals surface area contributed by atoms with Crippen LogP contribution < -0.4 is 0 Å². The maximum atomic E-state index is 12.6. The van der Waals surface area contributed by atoms with Crippen molar-refractivity contribution in [1.82, 2.24) is 0 Å². The minimum Gasteiger partial charge on any atom is -0.170 e. The van der Waals surface area contributed by atoms with Crippen molar-refractivity contribution in [2.45, 2.75) is 18.3 Å². The zero-order valence-electron chi connectivity index (χ0n) is 11.5. The van der Waals surface area contributed by atoms with E-state index in [1.54, 1.807) is 30.3 Å². The zero-order valence-corrected chi connectivity index (χ0v) is 11.5.